The fraction of sp³-hybridized carbons (Fsp3) is 0.526. The molecule has 0 saturated heterocycles. The molecule has 0 atom stereocenters. The lowest BCUT2D eigenvalue weighted by Gasteiger charge is -2.28. The number of hydrogen-bond acceptors (Lipinski definition) is 4. The smallest absolute Gasteiger partial charge is 0.267 e. The van der Waals surface area contributed by atoms with Gasteiger partial charge in [-0.2, -0.15) is 5.10 Å². The second kappa shape index (κ2) is 7.52. The Hall–Kier alpha value is -1.95. The van der Waals surface area contributed by atoms with Crippen LogP contribution in [0.1, 0.15) is 52.4 Å². The Labute approximate surface area is 152 Å². The van der Waals surface area contributed by atoms with Gasteiger partial charge < -0.3 is 5.32 Å². The molecule has 1 N–H and O–H groups in total. The Bertz CT molecular complexity index is 772. The third kappa shape index (κ3) is 4.00. The molecule has 0 bridgehead atoms. The molecule has 1 aliphatic carbocycles. The summed E-state index contributed by atoms with van der Waals surface area (Å²) in [4.78, 5) is 26.2. The lowest BCUT2D eigenvalue weighted by atomic mass is 10.0. The lowest BCUT2D eigenvalue weighted by Crippen LogP contribution is -2.52. The molecule has 0 aromatic carbocycles. The van der Waals surface area contributed by atoms with Crippen molar-refractivity contribution in [2.75, 3.05) is 0 Å². The lowest BCUT2D eigenvalue weighted by molar-refractivity contribution is -0.129. The van der Waals surface area contributed by atoms with Crippen LogP contribution in [0, 0.1) is 0 Å². The summed E-state index contributed by atoms with van der Waals surface area (Å²) in [5.41, 5.74) is -0.581. The number of amides is 1. The van der Waals surface area contributed by atoms with E-state index < -0.39 is 5.54 Å². The van der Waals surface area contributed by atoms with Crippen LogP contribution in [-0.4, -0.2) is 21.7 Å². The van der Waals surface area contributed by atoms with Gasteiger partial charge in [0, 0.05) is 12.1 Å². The third-order valence-electron chi connectivity index (χ3n) is 4.85. The van der Waals surface area contributed by atoms with Crippen LogP contribution in [0.3, 0.4) is 0 Å². The van der Waals surface area contributed by atoms with Crippen molar-refractivity contribution >= 4 is 17.2 Å². The number of aromatic nitrogens is 2. The monoisotopic (exact) mass is 359 g/mol. The highest BCUT2D eigenvalue weighted by Crippen LogP contribution is 2.23. The van der Waals surface area contributed by atoms with Gasteiger partial charge in [0.25, 0.3) is 5.56 Å². The second-order valence-electron chi connectivity index (χ2n) is 7.17. The van der Waals surface area contributed by atoms with Gasteiger partial charge >= 0.3 is 0 Å². The minimum absolute atomic E-state index is 0.141. The van der Waals surface area contributed by atoms with Crippen molar-refractivity contribution in [2.24, 2.45) is 0 Å². The highest BCUT2D eigenvalue weighted by Gasteiger charge is 2.33. The van der Waals surface area contributed by atoms with E-state index in [1.54, 1.807) is 31.3 Å². The van der Waals surface area contributed by atoms with E-state index in [1.807, 2.05) is 17.5 Å². The standard InChI is InChI=1S/C19H25N3O2S/c1-19(2,18(24)20-14-8-5-3-4-6-9-14)22-17(23)12-11-15(21-22)16-10-7-13-25-16/h7,10-14H,3-6,8-9H2,1-2H3,(H,20,24). The van der Waals surface area contributed by atoms with Crippen molar-refractivity contribution in [1.29, 1.82) is 0 Å². The van der Waals surface area contributed by atoms with Gasteiger partial charge in [-0.25, -0.2) is 4.68 Å². The van der Waals surface area contributed by atoms with Gasteiger partial charge in [0.1, 0.15) is 11.2 Å². The highest BCUT2D eigenvalue weighted by atomic mass is 32.1. The quantitative estimate of drug-likeness (QED) is 0.849. The average Bonchev–Trinajstić information content (AvgIpc) is 3.00. The average molecular weight is 359 g/mol. The zero-order chi connectivity index (χ0) is 17.9. The first kappa shape index (κ1) is 17.9. The molecule has 1 amide bonds. The molecule has 1 fully saturated rings. The largest absolute Gasteiger partial charge is 0.351 e. The summed E-state index contributed by atoms with van der Waals surface area (Å²) in [5, 5.41) is 9.58. The number of nitrogens with zero attached hydrogens (tertiary/aromatic N) is 2. The maximum absolute atomic E-state index is 12.9. The normalized spacial score (nSPS) is 16.4. The van der Waals surface area contributed by atoms with Crippen LogP contribution in [0.25, 0.3) is 10.6 Å². The molecule has 0 radical (unpaired) electrons. The molecule has 2 aromatic rings. The summed E-state index contributed by atoms with van der Waals surface area (Å²) < 4.78 is 1.31. The van der Waals surface area contributed by atoms with Gasteiger partial charge in [-0.1, -0.05) is 31.7 Å². The van der Waals surface area contributed by atoms with Gasteiger partial charge in [0.05, 0.1) is 4.88 Å². The molecular weight excluding hydrogens is 334 g/mol. The van der Waals surface area contributed by atoms with Crippen LogP contribution in [0.4, 0.5) is 0 Å². The fourth-order valence-corrected chi connectivity index (χ4v) is 3.94. The molecule has 6 heteroatoms. The predicted molar refractivity (Wildman–Crippen MR) is 101 cm³/mol. The molecule has 0 spiro atoms. The van der Waals surface area contributed by atoms with Crippen LogP contribution in [-0.2, 0) is 10.3 Å². The summed E-state index contributed by atoms with van der Waals surface area (Å²) in [6, 6.07) is 7.30. The number of hydrogen-bond donors (Lipinski definition) is 1. The Morgan fingerprint density at radius 3 is 2.56 bits per heavy atom. The Morgan fingerprint density at radius 1 is 1.20 bits per heavy atom. The van der Waals surface area contributed by atoms with Gasteiger partial charge in [-0.05, 0) is 44.2 Å². The topological polar surface area (TPSA) is 64.0 Å². The fourth-order valence-electron chi connectivity index (χ4n) is 3.25. The van der Waals surface area contributed by atoms with Crippen molar-refractivity contribution in [3.63, 3.8) is 0 Å². The summed E-state index contributed by atoms with van der Waals surface area (Å²) in [6.45, 7) is 3.51. The number of thiophene rings is 1. The SMILES string of the molecule is CC(C)(C(=O)NC1CCCCCC1)n1nc(-c2cccs2)ccc1=O. The maximum atomic E-state index is 12.9. The Balaban J connectivity index is 1.84. The zero-order valence-corrected chi connectivity index (χ0v) is 15.6. The second-order valence-corrected chi connectivity index (χ2v) is 8.11. The summed E-state index contributed by atoms with van der Waals surface area (Å²) >= 11 is 1.56. The van der Waals surface area contributed by atoms with E-state index in [4.69, 9.17) is 0 Å². The summed E-state index contributed by atoms with van der Waals surface area (Å²) in [5.74, 6) is -0.141. The predicted octanol–water partition coefficient (Wildman–Crippen LogP) is 3.55. The van der Waals surface area contributed by atoms with E-state index in [9.17, 15) is 9.59 Å². The van der Waals surface area contributed by atoms with Crippen molar-refractivity contribution in [1.82, 2.24) is 15.1 Å². The number of nitrogens with one attached hydrogen (secondary N) is 1. The molecule has 0 aliphatic heterocycles. The van der Waals surface area contributed by atoms with E-state index in [1.165, 1.54) is 23.6 Å². The van der Waals surface area contributed by atoms with Gasteiger partial charge in [-0.3, -0.25) is 9.59 Å². The Morgan fingerprint density at radius 2 is 1.92 bits per heavy atom. The van der Waals surface area contributed by atoms with E-state index in [0.717, 1.165) is 30.6 Å². The maximum Gasteiger partial charge on any atom is 0.267 e. The molecule has 3 rings (SSSR count). The van der Waals surface area contributed by atoms with Crippen LogP contribution in [0.5, 0.6) is 0 Å². The zero-order valence-electron chi connectivity index (χ0n) is 14.8. The molecule has 0 unspecified atom stereocenters. The summed E-state index contributed by atoms with van der Waals surface area (Å²) in [7, 11) is 0. The molecule has 134 valence electrons. The molecule has 25 heavy (non-hydrogen) atoms. The first-order valence-electron chi connectivity index (χ1n) is 8.94. The number of carbonyl (C=O) groups excluding carboxylic acids is 1. The molecule has 2 aromatic heterocycles. The van der Waals surface area contributed by atoms with Crippen molar-refractivity contribution < 1.29 is 4.79 Å². The first-order valence-corrected chi connectivity index (χ1v) is 9.82. The third-order valence-corrected chi connectivity index (χ3v) is 5.74. The van der Waals surface area contributed by atoms with Gasteiger partial charge in [-0.15, -0.1) is 11.3 Å². The van der Waals surface area contributed by atoms with E-state index in [2.05, 4.69) is 10.4 Å². The van der Waals surface area contributed by atoms with E-state index in [0.29, 0.717) is 5.69 Å². The van der Waals surface area contributed by atoms with Gasteiger partial charge in [0.15, 0.2) is 0 Å². The molecule has 5 nitrogen and oxygen atoms in total. The van der Waals surface area contributed by atoms with E-state index >= 15 is 0 Å². The van der Waals surface area contributed by atoms with Crippen molar-refractivity contribution in [2.45, 2.75) is 64.0 Å². The van der Waals surface area contributed by atoms with Gasteiger partial charge in [0.2, 0.25) is 5.91 Å². The van der Waals surface area contributed by atoms with Crippen LogP contribution in [0.2, 0.25) is 0 Å². The first-order chi connectivity index (χ1) is 12.0. The minimum atomic E-state index is -1.03. The molecule has 2 heterocycles. The van der Waals surface area contributed by atoms with Crippen LogP contribution < -0.4 is 10.9 Å². The van der Waals surface area contributed by atoms with E-state index in [-0.39, 0.29) is 17.5 Å². The number of rotatable bonds is 4. The Kier molecular flexibility index (Phi) is 5.37. The molecule has 1 aliphatic rings. The van der Waals surface area contributed by atoms with Crippen LogP contribution in [0.15, 0.2) is 34.4 Å². The minimum Gasteiger partial charge on any atom is -0.351 e. The number of carbonyl (C=O) groups is 1. The van der Waals surface area contributed by atoms with Crippen molar-refractivity contribution in [3.05, 3.63) is 40.0 Å². The summed E-state index contributed by atoms with van der Waals surface area (Å²) in [6.07, 6.45) is 6.80. The van der Waals surface area contributed by atoms with Crippen LogP contribution >= 0.6 is 11.3 Å². The highest BCUT2D eigenvalue weighted by molar-refractivity contribution is 7.13. The molecule has 1 saturated carbocycles. The van der Waals surface area contributed by atoms with Crippen molar-refractivity contribution in [3.8, 4) is 10.6 Å². The molecular formula is C19H25N3O2S.